The fourth-order valence-electron chi connectivity index (χ4n) is 3.43. The van der Waals surface area contributed by atoms with Gasteiger partial charge in [0.05, 0.1) is 40.4 Å². The Labute approximate surface area is 192 Å². The minimum absolute atomic E-state index is 0.0391. The molecule has 0 saturated carbocycles. The van der Waals surface area contributed by atoms with Crippen molar-refractivity contribution in [3.05, 3.63) is 52.5 Å². The zero-order chi connectivity index (χ0) is 23.3. The number of methoxy groups -OCH3 is 1. The molecule has 0 unspecified atom stereocenters. The minimum Gasteiger partial charge on any atom is -0.496 e. The number of carbonyl (C=O) groups is 2. The number of benzene rings is 2. The smallest absolute Gasteiger partial charge is 0.338 e. The summed E-state index contributed by atoms with van der Waals surface area (Å²) in [6.07, 6.45) is 2.89. The molecule has 172 valence electrons. The van der Waals surface area contributed by atoms with Crippen LogP contribution in [0.2, 0.25) is 5.02 Å². The van der Waals surface area contributed by atoms with Crippen molar-refractivity contribution in [1.82, 2.24) is 4.90 Å². The fourth-order valence-corrected chi connectivity index (χ4v) is 4.82. The number of ether oxygens (including phenoxy) is 2. The van der Waals surface area contributed by atoms with Gasteiger partial charge in [0.2, 0.25) is 0 Å². The first-order valence-corrected chi connectivity index (χ1v) is 12.1. The van der Waals surface area contributed by atoms with E-state index < -0.39 is 16.0 Å². The van der Waals surface area contributed by atoms with Gasteiger partial charge in [0.25, 0.3) is 15.9 Å². The first kappa shape index (κ1) is 23.9. The summed E-state index contributed by atoms with van der Waals surface area (Å²) >= 11 is 6.18. The highest BCUT2D eigenvalue weighted by atomic mass is 35.5. The Kier molecular flexibility index (Phi) is 7.63. The van der Waals surface area contributed by atoms with Crippen molar-refractivity contribution in [2.45, 2.75) is 31.1 Å². The van der Waals surface area contributed by atoms with Gasteiger partial charge in [-0.05, 0) is 62.6 Å². The molecular weight excluding hydrogens is 456 g/mol. The molecule has 1 aliphatic heterocycles. The molecule has 2 aromatic carbocycles. The molecule has 1 aliphatic rings. The van der Waals surface area contributed by atoms with Gasteiger partial charge in [-0.15, -0.1) is 0 Å². The molecule has 3 rings (SSSR count). The Balaban J connectivity index is 1.88. The third kappa shape index (κ3) is 5.34. The van der Waals surface area contributed by atoms with E-state index in [2.05, 4.69) is 4.72 Å². The van der Waals surface area contributed by atoms with Gasteiger partial charge in [0.15, 0.2) is 0 Å². The van der Waals surface area contributed by atoms with E-state index in [1.54, 1.807) is 11.8 Å². The van der Waals surface area contributed by atoms with Crippen molar-refractivity contribution in [1.29, 1.82) is 0 Å². The molecule has 1 fully saturated rings. The van der Waals surface area contributed by atoms with Gasteiger partial charge >= 0.3 is 5.97 Å². The molecule has 0 atom stereocenters. The predicted molar refractivity (Wildman–Crippen MR) is 121 cm³/mol. The Morgan fingerprint density at radius 2 is 1.81 bits per heavy atom. The summed E-state index contributed by atoms with van der Waals surface area (Å²) in [5.74, 6) is -0.522. The van der Waals surface area contributed by atoms with E-state index in [0.29, 0.717) is 18.8 Å². The Morgan fingerprint density at radius 1 is 1.09 bits per heavy atom. The maximum atomic E-state index is 13.0. The second kappa shape index (κ2) is 10.2. The van der Waals surface area contributed by atoms with Crippen LogP contribution in [0.25, 0.3) is 0 Å². The predicted octanol–water partition coefficient (Wildman–Crippen LogP) is 3.95. The van der Waals surface area contributed by atoms with Gasteiger partial charge in [-0.25, -0.2) is 13.2 Å². The lowest BCUT2D eigenvalue weighted by Crippen LogP contribution is -2.35. The molecule has 0 spiro atoms. The lowest BCUT2D eigenvalue weighted by atomic mass is 10.1. The third-order valence-electron chi connectivity index (χ3n) is 5.08. The first-order valence-electron chi connectivity index (χ1n) is 10.2. The number of sulfonamides is 1. The number of anilines is 1. The number of nitrogens with zero attached hydrogens (tertiary/aromatic N) is 1. The molecule has 1 N–H and O–H groups in total. The number of hydrogen-bond donors (Lipinski definition) is 1. The molecule has 0 bridgehead atoms. The van der Waals surface area contributed by atoms with Crippen LogP contribution in [-0.2, 0) is 14.8 Å². The summed E-state index contributed by atoms with van der Waals surface area (Å²) in [6, 6.07) is 8.25. The summed E-state index contributed by atoms with van der Waals surface area (Å²) in [6.45, 7) is 3.14. The van der Waals surface area contributed by atoms with Crippen molar-refractivity contribution in [2.24, 2.45) is 0 Å². The highest BCUT2D eigenvalue weighted by Crippen LogP contribution is 2.29. The molecule has 1 saturated heterocycles. The number of halogens is 1. The average Bonchev–Trinajstić information content (AvgIpc) is 2.80. The van der Waals surface area contributed by atoms with E-state index in [9.17, 15) is 18.0 Å². The van der Waals surface area contributed by atoms with Crippen LogP contribution in [0.3, 0.4) is 0 Å². The summed E-state index contributed by atoms with van der Waals surface area (Å²) in [7, 11) is -2.64. The van der Waals surface area contributed by atoms with Crippen LogP contribution in [-0.4, -0.2) is 52.0 Å². The highest BCUT2D eigenvalue weighted by Gasteiger charge is 2.25. The number of likely N-dealkylation sites (tertiary alicyclic amines) is 1. The second-order valence-electron chi connectivity index (χ2n) is 7.24. The number of nitrogens with one attached hydrogen (secondary N) is 1. The van der Waals surface area contributed by atoms with Crippen LogP contribution in [0.4, 0.5) is 5.69 Å². The number of rotatable bonds is 7. The van der Waals surface area contributed by atoms with Crippen molar-refractivity contribution in [3.63, 3.8) is 0 Å². The van der Waals surface area contributed by atoms with Gasteiger partial charge in [-0.3, -0.25) is 9.52 Å². The van der Waals surface area contributed by atoms with Gasteiger partial charge in [-0.2, -0.15) is 0 Å². The third-order valence-corrected chi connectivity index (χ3v) is 6.76. The molecule has 0 aromatic heterocycles. The van der Waals surface area contributed by atoms with E-state index in [1.807, 2.05) is 0 Å². The fraction of sp³-hybridized carbons (Fsp3) is 0.364. The Bertz CT molecular complexity index is 1110. The van der Waals surface area contributed by atoms with E-state index in [1.165, 1.54) is 43.5 Å². The Morgan fingerprint density at radius 3 is 2.44 bits per heavy atom. The molecule has 1 amide bonds. The second-order valence-corrected chi connectivity index (χ2v) is 9.33. The SMILES string of the molecule is CCOC(=O)c1ccc(NS(=O)(=O)c2ccc(OC)c(C(=O)N3CCCCC3)c2)c(Cl)c1. The van der Waals surface area contributed by atoms with Crippen LogP contribution >= 0.6 is 11.6 Å². The Hall–Kier alpha value is -2.78. The van der Waals surface area contributed by atoms with E-state index in [4.69, 9.17) is 21.1 Å². The molecule has 1 heterocycles. The zero-order valence-corrected chi connectivity index (χ0v) is 19.5. The van der Waals surface area contributed by atoms with Crippen molar-refractivity contribution < 1.29 is 27.5 Å². The van der Waals surface area contributed by atoms with Crippen LogP contribution in [0.15, 0.2) is 41.3 Å². The van der Waals surface area contributed by atoms with E-state index in [-0.39, 0.29) is 39.2 Å². The van der Waals surface area contributed by atoms with Crippen molar-refractivity contribution >= 4 is 39.2 Å². The van der Waals surface area contributed by atoms with Crippen LogP contribution in [0.1, 0.15) is 46.9 Å². The van der Waals surface area contributed by atoms with Crippen molar-refractivity contribution in [3.8, 4) is 5.75 Å². The van der Waals surface area contributed by atoms with Gasteiger partial charge < -0.3 is 14.4 Å². The monoisotopic (exact) mass is 480 g/mol. The zero-order valence-electron chi connectivity index (χ0n) is 17.9. The average molecular weight is 481 g/mol. The van der Waals surface area contributed by atoms with Crippen LogP contribution in [0.5, 0.6) is 5.75 Å². The summed E-state index contributed by atoms with van der Waals surface area (Å²) in [5.41, 5.74) is 0.485. The number of amides is 1. The summed E-state index contributed by atoms with van der Waals surface area (Å²) < 4.78 is 38.6. The normalized spacial score (nSPS) is 14.0. The standard InChI is InChI=1S/C22H25ClN2O6S/c1-3-31-22(27)15-7-9-19(18(23)13-15)24-32(28,29)16-8-10-20(30-2)17(14-16)21(26)25-11-5-4-6-12-25/h7-10,13-14,24H,3-6,11-12H2,1-2H3. The van der Waals surface area contributed by atoms with Gasteiger partial charge in [0, 0.05) is 13.1 Å². The topological polar surface area (TPSA) is 102 Å². The minimum atomic E-state index is -4.07. The molecule has 10 heteroatoms. The van der Waals surface area contributed by atoms with Gasteiger partial charge in [-0.1, -0.05) is 11.6 Å². The molecular formula is C22H25ClN2O6S. The summed E-state index contributed by atoms with van der Waals surface area (Å²) in [4.78, 5) is 26.4. The number of carbonyl (C=O) groups excluding carboxylic acids is 2. The number of esters is 1. The number of piperidine rings is 1. The first-order chi connectivity index (χ1) is 15.3. The highest BCUT2D eigenvalue weighted by molar-refractivity contribution is 7.92. The quantitative estimate of drug-likeness (QED) is 0.602. The van der Waals surface area contributed by atoms with Crippen molar-refractivity contribution in [2.75, 3.05) is 31.5 Å². The molecule has 32 heavy (non-hydrogen) atoms. The van der Waals surface area contributed by atoms with Gasteiger partial charge in [0.1, 0.15) is 5.75 Å². The van der Waals surface area contributed by atoms with E-state index in [0.717, 1.165) is 19.3 Å². The maximum Gasteiger partial charge on any atom is 0.338 e. The lowest BCUT2D eigenvalue weighted by molar-refractivity contribution is 0.0526. The van der Waals surface area contributed by atoms with Crippen LogP contribution in [0, 0.1) is 0 Å². The molecule has 8 nitrogen and oxygen atoms in total. The molecule has 0 radical (unpaired) electrons. The molecule has 0 aliphatic carbocycles. The van der Waals surface area contributed by atoms with E-state index >= 15 is 0 Å². The number of hydrogen-bond acceptors (Lipinski definition) is 6. The maximum absolute atomic E-state index is 13.0. The summed E-state index contributed by atoms with van der Waals surface area (Å²) in [5, 5.41) is 0.0391. The van der Waals surface area contributed by atoms with Crippen LogP contribution < -0.4 is 9.46 Å². The largest absolute Gasteiger partial charge is 0.496 e. The molecule has 2 aromatic rings. The lowest BCUT2D eigenvalue weighted by Gasteiger charge is -2.27.